The van der Waals surface area contributed by atoms with Crippen LogP contribution >= 0.6 is 0 Å². The van der Waals surface area contributed by atoms with Gasteiger partial charge in [0.1, 0.15) is 5.76 Å². The minimum absolute atomic E-state index is 0. The molecule has 0 saturated carbocycles. The van der Waals surface area contributed by atoms with Crippen LogP contribution in [0.2, 0.25) is 13.1 Å². The normalized spacial score (nSPS) is 14.0. The zero-order chi connectivity index (χ0) is 33.3. The molecule has 1 radical (unpaired) electrons. The maximum Gasteiger partial charge on any atom is 0.164 e. The van der Waals surface area contributed by atoms with Crippen molar-refractivity contribution in [2.45, 2.75) is 68.5 Å². The molecule has 0 spiro atoms. The van der Waals surface area contributed by atoms with Gasteiger partial charge < -0.3 is 5.11 Å². The summed E-state index contributed by atoms with van der Waals surface area (Å²) in [5.41, 5.74) is 3.68. The van der Waals surface area contributed by atoms with Crippen LogP contribution in [0.5, 0.6) is 0 Å². The second kappa shape index (κ2) is 12.1. The molecule has 0 saturated heterocycles. The predicted octanol–water partition coefficient (Wildman–Crippen LogP) is 9.40. The first kappa shape index (κ1) is 34.6. The van der Waals surface area contributed by atoms with Crippen molar-refractivity contribution in [1.29, 1.82) is 0 Å². The number of carbonyl (C=O) groups is 1. The number of benzene rings is 4. The minimum Gasteiger partial charge on any atom is -0.512 e. The van der Waals surface area contributed by atoms with Gasteiger partial charge in [-0.15, -0.1) is 28.8 Å². The number of nitrogens with zero attached hydrogens (tertiary/aromatic N) is 2. The van der Waals surface area contributed by atoms with Crippen LogP contribution in [0.4, 0.5) is 0 Å². The minimum atomic E-state index is -2.00. The quantitative estimate of drug-likeness (QED) is 0.0591. The summed E-state index contributed by atoms with van der Waals surface area (Å²) in [6, 6.07) is 26.2. The molecule has 47 heavy (non-hydrogen) atoms. The van der Waals surface area contributed by atoms with Crippen LogP contribution in [0.25, 0.3) is 54.3 Å². The van der Waals surface area contributed by atoms with E-state index in [0.29, 0.717) is 0 Å². The van der Waals surface area contributed by atoms with E-state index in [-0.39, 0.29) is 37.1 Å². The fourth-order valence-corrected chi connectivity index (χ4v) is 9.47. The van der Waals surface area contributed by atoms with E-state index in [1.807, 2.05) is 47.7 Å². The van der Waals surface area contributed by atoms with Crippen LogP contribution < -0.4 is 10.4 Å². The van der Waals surface area contributed by atoms with E-state index in [9.17, 15) is 9.90 Å². The van der Waals surface area contributed by atoms with Gasteiger partial charge in [-0.1, -0.05) is 107 Å². The Morgan fingerprint density at radius 3 is 2.15 bits per heavy atom. The zero-order valence-electron chi connectivity index (χ0n) is 29.0. The fraction of sp³-hybridized carbons (Fsp3) is 0.293. The van der Waals surface area contributed by atoms with Crippen LogP contribution in [0.3, 0.4) is 0 Å². The Bertz CT molecular complexity index is 2260. The van der Waals surface area contributed by atoms with Crippen molar-refractivity contribution in [3.05, 3.63) is 96.1 Å². The average Bonchev–Trinajstić information content (AvgIpc) is 2.98. The van der Waals surface area contributed by atoms with Gasteiger partial charge in [-0.3, -0.25) is 14.8 Å². The molecule has 4 aromatic carbocycles. The first-order chi connectivity index (χ1) is 21.5. The van der Waals surface area contributed by atoms with Gasteiger partial charge in [0.15, 0.2) is 5.78 Å². The SMILES string of the molecule is CC(C)(C)C(=O)/C=C(\O)C(C)(C)C.Cc1cc2c(ccc3c4ccnc5c4c(cc23)[Si](C)(C)c2cc3ccccc3[c-]c2-5)c(C)n1.[Ir]. The number of aliphatic hydroxyl groups excluding tert-OH is 1. The summed E-state index contributed by atoms with van der Waals surface area (Å²) < 4.78 is 0. The van der Waals surface area contributed by atoms with Gasteiger partial charge in [-0.2, -0.15) is 0 Å². The van der Waals surface area contributed by atoms with Crippen molar-refractivity contribution >= 4 is 67.3 Å². The van der Waals surface area contributed by atoms with E-state index in [0.717, 1.165) is 22.5 Å². The molecule has 7 rings (SSSR count). The molecular weight excluding hydrogens is 773 g/mol. The summed E-state index contributed by atoms with van der Waals surface area (Å²) in [6.07, 6.45) is 3.31. The third kappa shape index (κ3) is 6.08. The van der Waals surface area contributed by atoms with Gasteiger partial charge in [0.25, 0.3) is 0 Å². The van der Waals surface area contributed by atoms with Crippen LogP contribution in [0.1, 0.15) is 52.9 Å². The summed E-state index contributed by atoms with van der Waals surface area (Å²) in [7, 11) is -2.00. The molecule has 3 heterocycles. The number of ketones is 1. The van der Waals surface area contributed by atoms with Crippen LogP contribution in [0.15, 0.2) is 78.7 Å². The summed E-state index contributed by atoms with van der Waals surface area (Å²) >= 11 is 0. The molecule has 4 nitrogen and oxygen atoms in total. The summed E-state index contributed by atoms with van der Waals surface area (Å²) in [6.45, 7) is 20.3. The summed E-state index contributed by atoms with van der Waals surface area (Å²) in [4.78, 5) is 21.1. The third-order valence-corrected chi connectivity index (χ3v) is 12.8. The van der Waals surface area contributed by atoms with Gasteiger partial charge in [0.05, 0.1) is 8.07 Å². The molecule has 0 bridgehead atoms. The fourth-order valence-electron chi connectivity index (χ4n) is 6.47. The van der Waals surface area contributed by atoms with Crippen molar-refractivity contribution in [2.24, 2.45) is 10.8 Å². The smallest absolute Gasteiger partial charge is 0.164 e. The van der Waals surface area contributed by atoms with Gasteiger partial charge in [0.2, 0.25) is 0 Å². The first-order valence-electron chi connectivity index (χ1n) is 16.0. The van der Waals surface area contributed by atoms with Crippen molar-refractivity contribution in [3.63, 3.8) is 0 Å². The Morgan fingerprint density at radius 1 is 0.809 bits per heavy atom. The zero-order valence-corrected chi connectivity index (χ0v) is 32.4. The van der Waals surface area contributed by atoms with Crippen molar-refractivity contribution in [2.75, 3.05) is 0 Å². The van der Waals surface area contributed by atoms with Crippen LogP contribution in [-0.4, -0.2) is 28.9 Å². The average molecular weight is 816 g/mol. The number of fused-ring (bicyclic) bond motifs is 7. The van der Waals surface area contributed by atoms with Crippen molar-refractivity contribution < 1.29 is 30.0 Å². The van der Waals surface area contributed by atoms with E-state index in [1.165, 1.54) is 59.7 Å². The monoisotopic (exact) mass is 816 g/mol. The maximum absolute atomic E-state index is 11.5. The number of rotatable bonds is 1. The third-order valence-electron chi connectivity index (χ3n) is 9.32. The molecule has 243 valence electrons. The molecule has 1 N–H and O–H groups in total. The maximum atomic E-state index is 11.5. The molecule has 1 aliphatic rings. The van der Waals surface area contributed by atoms with E-state index >= 15 is 0 Å². The summed E-state index contributed by atoms with van der Waals surface area (Å²) in [5.74, 6) is 0.104. The van der Waals surface area contributed by atoms with E-state index < -0.39 is 13.5 Å². The second-order valence-electron chi connectivity index (χ2n) is 15.3. The number of aliphatic hydroxyl groups is 1. The first-order valence-corrected chi connectivity index (χ1v) is 19.0. The molecule has 0 atom stereocenters. The Hall–Kier alpha value is -3.70. The number of carbonyl (C=O) groups excluding carboxylic acids is 1. The largest absolute Gasteiger partial charge is 0.512 e. The molecular formula is C41H43IrN2O2Si-. The Kier molecular flexibility index (Phi) is 8.89. The van der Waals surface area contributed by atoms with E-state index in [1.54, 1.807) is 0 Å². The number of pyridine rings is 2. The van der Waals surface area contributed by atoms with Crippen molar-refractivity contribution in [3.8, 4) is 11.3 Å². The molecule has 6 aromatic rings. The number of aryl methyl sites for hydroxylation is 2. The molecule has 0 unspecified atom stereocenters. The topological polar surface area (TPSA) is 63.1 Å². The molecule has 6 heteroatoms. The van der Waals surface area contributed by atoms with Gasteiger partial charge >= 0.3 is 0 Å². The number of hydrogen-bond donors (Lipinski definition) is 1. The molecule has 0 fully saturated rings. The Balaban J connectivity index is 0.000000267. The number of hydrogen-bond acceptors (Lipinski definition) is 4. The Labute approximate surface area is 292 Å². The molecule has 1 aliphatic heterocycles. The molecule has 0 aliphatic carbocycles. The molecule has 0 amide bonds. The van der Waals surface area contributed by atoms with Gasteiger partial charge in [-0.25, -0.2) is 0 Å². The standard InChI is InChI=1S/C30H23N2Si.C11H20O2.Ir/c1-17-13-24-21(18(2)32-17)9-10-22-23-11-12-31-30-26-14-19-7-5-6-8-20(19)15-27(26)33(3,4)28(29(23)30)16-25(22)24;1-10(2,3)8(12)7-9(13)11(4,5)6;/h5-13,15-16H,1-4H3;7,12H,1-6H3;/q-1;;/b;8-7-;. The van der Waals surface area contributed by atoms with Crippen molar-refractivity contribution in [1.82, 2.24) is 9.97 Å². The van der Waals surface area contributed by atoms with Crippen LogP contribution in [-0.2, 0) is 24.9 Å². The molecule has 2 aromatic heterocycles. The summed E-state index contributed by atoms with van der Waals surface area (Å²) in [5, 5.41) is 22.7. The van der Waals surface area contributed by atoms with E-state index in [4.69, 9.17) is 9.97 Å². The number of aromatic nitrogens is 2. The van der Waals surface area contributed by atoms with Crippen LogP contribution in [0, 0.1) is 30.7 Å². The van der Waals surface area contributed by atoms with Gasteiger partial charge in [-0.05, 0) is 52.9 Å². The van der Waals surface area contributed by atoms with E-state index in [2.05, 4.69) is 93.7 Å². The predicted molar refractivity (Wildman–Crippen MR) is 197 cm³/mol. The van der Waals surface area contributed by atoms with Gasteiger partial charge in [0, 0.05) is 65.7 Å². The second-order valence-corrected chi connectivity index (χ2v) is 19.6. The number of allylic oxidation sites excluding steroid dienone is 2. The Morgan fingerprint density at radius 2 is 1.47 bits per heavy atom.